The molecule has 116 valence electrons. The van der Waals surface area contributed by atoms with E-state index in [0.717, 1.165) is 22.0 Å². The van der Waals surface area contributed by atoms with Gasteiger partial charge < -0.3 is 4.74 Å². The number of carbonyl (C=O) groups excluding carboxylic acids is 1. The lowest BCUT2D eigenvalue weighted by atomic mass is 10.0. The highest BCUT2D eigenvalue weighted by Crippen LogP contribution is 2.27. The van der Waals surface area contributed by atoms with Gasteiger partial charge in [-0.05, 0) is 39.0 Å². The van der Waals surface area contributed by atoms with Crippen molar-refractivity contribution in [3.63, 3.8) is 0 Å². The Morgan fingerprint density at radius 2 is 1.70 bits per heavy atom. The highest BCUT2D eigenvalue weighted by Gasteiger charge is 2.17. The summed E-state index contributed by atoms with van der Waals surface area (Å²) in [6.07, 6.45) is 0. The van der Waals surface area contributed by atoms with Gasteiger partial charge in [-0.2, -0.15) is 0 Å². The van der Waals surface area contributed by atoms with Gasteiger partial charge in [0.2, 0.25) is 0 Å². The lowest BCUT2D eigenvalue weighted by Crippen LogP contribution is -2.08. The van der Waals surface area contributed by atoms with Gasteiger partial charge >= 0.3 is 5.97 Å². The Morgan fingerprint density at radius 1 is 1.00 bits per heavy atom. The molecule has 0 amide bonds. The van der Waals surface area contributed by atoms with Crippen LogP contribution < -0.4 is 0 Å². The zero-order chi connectivity index (χ0) is 16.4. The number of benzene rings is 2. The monoisotopic (exact) mass is 305 g/mol. The third-order valence-corrected chi connectivity index (χ3v) is 3.79. The van der Waals surface area contributed by atoms with Crippen molar-refractivity contribution < 1.29 is 9.53 Å². The smallest absolute Gasteiger partial charge is 0.340 e. The minimum atomic E-state index is -0.334. The van der Waals surface area contributed by atoms with E-state index in [-0.39, 0.29) is 5.97 Å². The minimum Gasteiger partial charge on any atom is -0.462 e. The van der Waals surface area contributed by atoms with Crippen molar-refractivity contribution in [2.75, 3.05) is 6.61 Å². The van der Waals surface area contributed by atoms with Gasteiger partial charge in [0, 0.05) is 10.9 Å². The molecular weight excluding hydrogens is 286 g/mol. The van der Waals surface area contributed by atoms with Gasteiger partial charge in [-0.25, -0.2) is 9.78 Å². The van der Waals surface area contributed by atoms with Crippen molar-refractivity contribution in [2.45, 2.75) is 20.8 Å². The molecule has 0 aliphatic rings. The van der Waals surface area contributed by atoms with E-state index in [1.165, 1.54) is 5.56 Å². The molecule has 3 nitrogen and oxygen atoms in total. The first-order valence-electron chi connectivity index (χ1n) is 7.74. The van der Waals surface area contributed by atoms with Crippen LogP contribution in [-0.2, 0) is 4.74 Å². The predicted octanol–water partition coefficient (Wildman–Crippen LogP) is 4.70. The van der Waals surface area contributed by atoms with Gasteiger partial charge in [-0.1, -0.05) is 41.5 Å². The summed E-state index contributed by atoms with van der Waals surface area (Å²) < 4.78 is 5.21. The number of ether oxygens (including phenoxy) is 1. The lowest BCUT2D eigenvalue weighted by Gasteiger charge is -2.11. The Bertz CT molecular complexity index is 867. The fourth-order valence-electron chi connectivity index (χ4n) is 2.59. The van der Waals surface area contributed by atoms with E-state index in [1.54, 1.807) is 0 Å². The first-order valence-corrected chi connectivity index (χ1v) is 7.74. The second-order valence-corrected chi connectivity index (χ2v) is 5.67. The van der Waals surface area contributed by atoms with Gasteiger partial charge in [-0.3, -0.25) is 0 Å². The summed E-state index contributed by atoms with van der Waals surface area (Å²) in [5.41, 5.74) is 5.27. The molecule has 1 aromatic heterocycles. The average Bonchev–Trinajstić information content (AvgIpc) is 2.54. The third kappa shape index (κ3) is 3.09. The topological polar surface area (TPSA) is 39.2 Å². The zero-order valence-electron chi connectivity index (χ0n) is 13.6. The quantitative estimate of drug-likeness (QED) is 0.659. The predicted molar refractivity (Wildman–Crippen MR) is 92.6 cm³/mol. The summed E-state index contributed by atoms with van der Waals surface area (Å²) in [4.78, 5) is 17.1. The molecule has 23 heavy (non-hydrogen) atoms. The molecule has 0 fully saturated rings. The first-order chi connectivity index (χ1) is 11.1. The van der Waals surface area contributed by atoms with Crippen LogP contribution in [0.2, 0.25) is 0 Å². The number of fused-ring (bicyclic) bond motifs is 1. The number of esters is 1. The maximum atomic E-state index is 12.4. The molecule has 0 radical (unpaired) electrons. The van der Waals surface area contributed by atoms with Crippen molar-refractivity contribution in [2.24, 2.45) is 0 Å². The van der Waals surface area contributed by atoms with Crippen LogP contribution in [0.5, 0.6) is 0 Å². The molecule has 1 heterocycles. The van der Waals surface area contributed by atoms with Gasteiger partial charge in [0.25, 0.3) is 0 Å². The van der Waals surface area contributed by atoms with Crippen LogP contribution in [0.3, 0.4) is 0 Å². The molecule has 0 aliphatic carbocycles. The molecule has 0 N–H and O–H groups in total. The van der Waals surface area contributed by atoms with Crippen molar-refractivity contribution in [1.82, 2.24) is 4.98 Å². The zero-order valence-corrected chi connectivity index (χ0v) is 13.6. The number of aromatic nitrogens is 1. The van der Waals surface area contributed by atoms with Crippen molar-refractivity contribution in [1.29, 1.82) is 0 Å². The van der Waals surface area contributed by atoms with Crippen LogP contribution in [-0.4, -0.2) is 17.6 Å². The van der Waals surface area contributed by atoms with Gasteiger partial charge in [0.15, 0.2) is 0 Å². The number of hydrogen-bond acceptors (Lipinski definition) is 3. The first kappa shape index (κ1) is 15.2. The third-order valence-electron chi connectivity index (χ3n) is 3.79. The summed E-state index contributed by atoms with van der Waals surface area (Å²) in [5.74, 6) is -0.334. The summed E-state index contributed by atoms with van der Waals surface area (Å²) in [7, 11) is 0. The molecule has 3 rings (SSSR count). The molecule has 0 saturated carbocycles. The van der Waals surface area contributed by atoms with E-state index in [9.17, 15) is 4.79 Å². The fourth-order valence-corrected chi connectivity index (χ4v) is 2.59. The molecule has 0 spiro atoms. The standard InChI is InChI=1S/C20H19NO2/c1-4-23-20(22)17-12-16-11-14(3)7-10-18(16)21-19(17)15-8-5-13(2)6-9-15/h5-12H,4H2,1-3H3. The summed E-state index contributed by atoms with van der Waals surface area (Å²) in [6.45, 7) is 6.21. The number of hydrogen-bond donors (Lipinski definition) is 0. The molecule has 0 aliphatic heterocycles. The number of aryl methyl sites for hydroxylation is 2. The molecule has 0 saturated heterocycles. The number of pyridine rings is 1. The van der Waals surface area contributed by atoms with Crippen LogP contribution in [0.1, 0.15) is 28.4 Å². The largest absolute Gasteiger partial charge is 0.462 e. The molecule has 0 bridgehead atoms. The van der Waals surface area contributed by atoms with Crippen molar-refractivity contribution in [3.8, 4) is 11.3 Å². The van der Waals surface area contributed by atoms with Crippen LogP contribution >= 0.6 is 0 Å². The second kappa shape index (κ2) is 6.21. The summed E-state index contributed by atoms with van der Waals surface area (Å²) in [6, 6.07) is 15.9. The molecule has 0 atom stereocenters. The van der Waals surface area contributed by atoms with E-state index in [0.29, 0.717) is 17.9 Å². The Balaban J connectivity index is 2.24. The Hall–Kier alpha value is -2.68. The van der Waals surface area contributed by atoms with Crippen molar-refractivity contribution >= 4 is 16.9 Å². The number of nitrogens with zero attached hydrogens (tertiary/aromatic N) is 1. The van der Waals surface area contributed by atoms with Crippen LogP contribution in [0.15, 0.2) is 48.5 Å². The van der Waals surface area contributed by atoms with E-state index < -0.39 is 0 Å². The van der Waals surface area contributed by atoms with E-state index >= 15 is 0 Å². The normalized spacial score (nSPS) is 10.7. The lowest BCUT2D eigenvalue weighted by molar-refractivity contribution is 0.0527. The van der Waals surface area contributed by atoms with Crippen LogP contribution in [0.4, 0.5) is 0 Å². The van der Waals surface area contributed by atoms with E-state index in [1.807, 2.05) is 69.3 Å². The second-order valence-electron chi connectivity index (χ2n) is 5.67. The van der Waals surface area contributed by atoms with Gasteiger partial charge in [0.05, 0.1) is 23.4 Å². The number of rotatable bonds is 3. The van der Waals surface area contributed by atoms with Crippen LogP contribution in [0.25, 0.3) is 22.2 Å². The molecular formula is C20H19NO2. The minimum absolute atomic E-state index is 0.334. The molecule has 3 heteroatoms. The van der Waals surface area contributed by atoms with Gasteiger partial charge in [-0.15, -0.1) is 0 Å². The maximum Gasteiger partial charge on any atom is 0.340 e. The number of carbonyl (C=O) groups is 1. The molecule has 3 aromatic rings. The molecule has 2 aromatic carbocycles. The Morgan fingerprint density at radius 3 is 2.39 bits per heavy atom. The van der Waals surface area contributed by atoms with Crippen LogP contribution in [0, 0.1) is 13.8 Å². The maximum absolute atomic E-state index is 12.4. The highest BCUT2D eigenvalue weighted by atomic mass is 16.5. The van der Waals surface area contributed by atoms with Gasteiger partial charge in [0.1, 0.15) is 0 Å². The van der Waals surface area contributed by atoms with Crippen molar-refractivity contribution in [3.05, 3.63) is 65.2 Å². The summed E-state index contributed by atoms with van der Waals surface area (Å²) >= 11 is 0. The Labute approximate surface area is 135 Å². The Kier molecular flexibility index (Phi) is 4.11. The average molecular weight is 305 g/mol. The summed E-state index contributed by atoms with van der Waals surface area (Å²) in [5, 5.41) is 0.948. The molecule has 0 unspecified atom stereocenters. The van der Waals surface area contributed by atoms with E-state index in [2.05, 4.69) is 0 Å². The highest BCUT2D eigenvalue weighted by molar-refractivity contribution is 6.00. The SMILES string of the molecule is CCOC(=O)c1cc2cc(C)ccc2nc1-c1ccc(C)cc1. The fraction of sp³-hybridized carbons (Fsp3) is 0.200. The van der Waals surface area contributed by atoms with E-state index in [4.69, 9.17) is 9.72 Å².